The number of carbonyl (C=O) groups is 2. The molecule has 47 heavy (non-hydrogen) atoms. The molecule has 4 aromatic rings. The van der Waals surface area contributed by atoms with Crippen molar-refractivity contribution in [3.8, 4) is 11.5 Å². The van der Waals surface area contributed by atoms with Crippen molar-refractivity contribution in [1.82, 2.24) is 10.2 Å². The SMILES string of the molecule is CCC(C)NC(=O)C(Cc1ccccc1)N(Cc1cccc(Br)c1)C(=O)CN(c1ccccc1OC)S(=O)(=O)c1ccc(OC)cc1. The number of hydrogen-bond donors (Lipinski definition) is 1. The van der Waals surface area contributed by atoms with Crippen molar-refractivity contribution in [2.24, 2.45) is 0 Å². The first-order valence-corrected chi connectivity index (χ1v) is 17.5. The minimum absolute atomic E-state index is 0.0362. The molecule has 1 N–H and O–H groups in total. The van der Waals surface area contributed by atoms with Crippen LogP contribution in [0.15, 0.2) is 112 Å². The normalized spacial score (nSPS) is 12.4. The molecule has 0 aromatic heterocycles. The third-order valence-electron chi connectivity index (χ3n) is 7.79. The molecule has 0 saturated carbocycles. The standard InChI is InChI=1S/C36H40BrN3O6S/c1-5-26(2)38-36(42)33(23-27-12-7-6-8-13-27)39(24-28-14-11-15-29(37)22-28)35(41)25-40(32-16-9-10-17-34(32)46-4)47(43,44)31-20-18-30(45-3)19-21-31/h6-22,26,33H,5,23-25H2,1-4H3,(H,38,42). The van der Waals surface area contributed by atoms with Crippen molar-refractivity contribution < 1.29 is 27.5 Å². The predicted molar refractivity (Wildman–Crippen MR) is 187 cm³/mol. The molecule has 11 heteroatoms. The van der Waals surface area contributed by atoms with Crippen LogP contribution in [0.2, 0.25) is 0 Å². The van der Waals surface area contributed by atoms with Gasteiger partial charge in [0.05, 0.1) is 24.8 Å². The first-order chi connectivity index (χ1) is 22.6. The van der Waals surface area contributed by atoms with Crippen molar-refractivity contribution in [2.45, 2.75) is 50.2 Å². The van der Waals surface area contributed by atoms with E-state index in [1.54, 1.807) is 36.4 Å². The van der Waals surface area contributed by atoms with Crippen molar-refractivity contribution in [3.05, 3.63) is 119 Å². The Kier molecular flexibility index (Phi) is 12.4. The number of carbonyl (C=O) groups excluding carboxylic acids is 2. The lowest BCUT2D eigenvalue weighted by Gasteiger charge is -2.34. The van der Waals surface area contributed by atoms with Gasteiger partial charge in [-0.25, -0.2) is 8.42 Å². The number of ether oxygens (including phenoxy) is 2. The number of methoxy groups -OCH3 is 2. The van der Waals surface area contributed by atoms with Crippen molar-refractivity contribution >= 4 is 43.5 Å². The number of sulfonamides is 1. The van der Waals surface area contributed by atoms with Crippen LogP contribution in [0.5, 0.6) is 11.5 Å². The molecule has 0 heterocycles. The zero-order valence-electron chi connectivity index (χ0n) is 26.9. The maximum atomic E-state index is 14.7. The number of rotatable bonds is 15. The highest BCUT2D eigenvalue weighted by Crippen LogP contribution is 2.33. The number of hydrogen-bond acceptors (Lipinski definition) is 6. The van der Waals surface area contributed by atoms with Gasteiger partial charge in [-0.3, -0.25) is 13.9 Å². The predicted octanol–water partition coefficient (Wildman–Crippen LogP) is 6.22. The fraction of sp³-hybridized carbons (Fsp3) is 0.278. The van der Waals surface area contributed by atoms with Gasteiger partial charge in [0.1, 0.15) is 24.1 Å². The molecule has 0 fully saturated rings. The maximum Gasteiger partial charge on any atom is 0.264 e. The van der Waals surface area contributed by atoms with Gasteiger partial charge in [-0.05, 0) is 73.0 Å². The van der Waals surface area contributed by atoms with E-state index in [9.17, 15) is 18.0 Å². The van der Waals surface area contributed by atoms with E-state index in [2.05, 4.69) is 21.2 Å². The van der Waals surface area contributed by atoms with E-state index >= 15 is 0 Å². The Bertz CT molecular complexity index is 1750. The summed E-state index contributed by atoms with van der Waals surface area (Å²) in [5.74, 6) is -0.131. The van der Waals surface area contributed by atoms with Gasteiger partial charge in [0.15, 0.2) is 0 Å². The number of para-hydroxylation sites is 2. The van der Waals surface area contributed by atoms with Crippen molar-refractivity contribution in [3.63, 3.8) is 0 Å². The molecule has 248 valence electrons. The number of nitrogens with zero attached hydrogens (tertiary/aromatic N) is 2. The molecule has 9 nitrogen and oxygen atoms in total. The molecule has 4 aromatic carbocycles. The Balaban J connectivity index is 1.84. The lowest BCUT2D eigenvalue weighted by atomic mass is 10.0. The molecule has 0 aliphatic heterocycles. The lowest BCUT2D eigenvalue weighted by molar-refractivity contribution is -0.140. The summed E-state index contributed by atoms with van der Waals surface area (Å²) in [6.07, 6.45) is 0.924. The largest absolute Gasteiger partial charge is 0.497 e. The number of halogens is 1. The van der Waals surface area contributed by atoms with Gasteiger partial charge in [0, 0.05) is 23.5 Å². The number of anilines is 1. The van der Waals surface area contributed by atoms with E-state index in [1.165, 1.54) is 31.3 Å². The van der Waals surface area contributed by atoms with E-state index in [1.807, 2.05) is 68.4 Å². The molecule has 2 unspecified atom stereocenters. The molecule has 0 radical (unpaired) electrons. The van der Waals surface area contributed by atoms with E-state index < -0.39 is 28.5 Å². The molecule has 4 rings (SSSR count). The zero-order valence-corrected chi connectivity index (χ0v) is 29.3. The lowest BCUT2D eigenvalue weighted by Crippen LogP contribution is -2.54. The first kappa shape index (κ1) is 35.5. The van der Waals surface area contributed by atoms with Crippen LogP contribution in [-0.4, -0.2) is 58.0 Å². The second kappa shape index (κ2) is 16.5. The van der Waals surface area contributed by atoms with Crippen molar-refractivity contribution in [2.75, 3.05) is 25.1 Å². The molecule has 0 saturated heterocycles. The fourth-order valence-electron chi connectivity index (χ4n) is 5.05. The minimum atomic E-state index is -4.31. The van der Waals surface area contributed by atoms with Crippen LogP contribution >= 0.6 is 15.9 Å². The topological polar surface area (TPSA) is 105 Å². The molecular weight excluding hydrogens is 682 g/mol. The van der Waals surface area contributed by atoms with Gasteiger partial charge in [-0.2, -0.15) is 0 Å². The summed E-state index contributed by atoms with van der Waals surface area (Å²) < 4.78 is 41.2. The monoisotopic (exact) mass is 721 g/mol. The van der Waals surface area contributed by atoms with Crippen LogP contribution in [0, 0.1) is 0 Å². The highest BCUT2D eigenvalue weighted by Gasteiger charge is 2.35. The summed E-state index contributed by atoms with van der Waals surface area (Å²) >= 11 is 3.51. The Morgan fingerprint density at radius 1 is 0.851 bits per heavy atom. The van der Waals surface area contributed by atoms with Gasteiger partial charge < -0.3 is 19.7 Å². The third-order valence-corrected chi connectivity index (χ3v) is 10.1. The zero-order chi connectivity index (χ0) is 34.0. The molecular formula is C36H40BrN3O6S. The molecule has 0 spiro atoms. The van der Waals surface area contributed by atoms with Gasteiger partial charge >= 0.3 is 0 Å². The number of benzene rings is 4. The van der Waals surface area contributed by atoms with Crippen LogP contribution < -0.4 is 19.1 Å². The highest BCUT2D eigenvalue weighted by molar-refractivity contribution is 9.10. The van der Waals surface area contributed by atoms with E-state index in [0.29, 0.717) is 12.2 Å². The van der Waals surface area contributed by atoms with Crippen molar-refractivity contribution in [1.29, 1.82) is 0 Å². The Labute approximate surface area is 285 Å². The van der Waals surface area contributed by atoms with Gasteiger partial charge in [0.2, 0.25) is 11.8 Å². The van der Waals surface area contributed by atoms with Gasteiger partial charge in [-0.15, -0.1) is 0 Å². The smallest absolute Gasteiger partial charge is 0.264 e. The summed E-state index contributed by atoms with van der Waals surface area (Å²) in [5, 5.41) is 3.05. The van der Waals surface area contributed by atoms with Gasteiger partial charge in [0.25, 0.3) is 10.0 Å². The van der Waals surface area contributed by atoms with Crippen LogP contribution in [0.25, 0.3) is 0 Å². The fourth-order valence-corrected chi connectivity index (χ4v) is 6.92. The summed E-state index contributed by atoms with van der Waals surface area (Å²) in [5.41, 5.74) is 1.81. The summed E-state index contributed by atoms with van der Waals surface area (Å²) in [4.78, 5) is 30.1. The average molecular weight is 723 g/mol. The quantitative estimate of drug-likeness (QED) is 0.156. The second-order valence-corrected chi connectivity index (χ2v) is 13.8. The minimum Gasteiger partial charge on any atom is -0.497 e. The van der Waals surface area contributed by atoms with Crippen LogP contribution in [0.3, 0.4) is 0 Å². The molecule has 0 aliphatic rings. The molecule has 2 amide bonds. The number of amides is 2. The van der Waals surface area contributed by atoms with Gasteiger partial charge in [-0.1, -0.05) is 77.5 Å². The Morgan fingerprint density at radius 2 is 1.51 bits per heavy atom. The van der Waals surface area contributed by atoms with Crippen LogP contribution in [0.4, 0.5) is 5.69 Å². The maximum absolute atomic E-state index is 14.7. The summed E-state index contributed by atoms with van der Waals surface area (Å²) in [7, 11) is -1.37. The Hall–Kier alpha value is -4.35. The molecule has 0 bridgehead atoms. The van der Waals surface area contributed by atoms with E-state index in [4.69, 9.17) is 9.47 Å². The highest BCUT2D eigenvalue weighted by atomic mass is 79.9. The first-order valence-electron chi connectivity index (χ1n) is 15.2. The van der Waals surface area contributed by atoms with Crippen LogP contribution in [0.1, 0.15) is 31.4 Å². The Morgan fingerprint density at radius 3 is 2.15 bits per heavy atom. The van der Waals surface area contributed by atoms with E-state index in [-0.39, 0.29) is 41.2 Å². The summed E-state index contributed by atoms with van der Waals surface area (Å²) in [6, 6.07) is 28.4. The van der Waals surface area contributed by atoms with E-state index in [0.717, 1.165) is 19.9 Å². The molecule has 0 aliphatic carbocycles. The molecule has 2 atom stereocenters. The second-order valence-electron chi connectivity index (χ2n) is 11.0. The third kappa shape index (κ3) is 9.14. The number of nitrogens with one attached hydrogen (secondary N) is 1. The van der Waals surface area contributed by atoms with Crippen LogP contribution in [-0.2, 0) is 32.6 Å². The summed E-state index contributed by atoms with van der Waals surface area (Å²) in [6.45, 7) is 3.34. The average Bonchev–Trinajstić information content (AvgIpc) is 3.08.